The molecule has 6 heteroatoms. The van der Waals surface area contributed by atoms with E-state index in [-0.39, 0.29) is 5.91 Å². The van der Waals surface area contributed by atoms with Crippen molar-refractivity contribution in [3.8, 4) is 5.69 Å². The summed E-state index contributed by atoms with van der Waals surface area (Å²) in [5, 5.41) is 9.23. The summed E-state index contributed by atoms with van der Waals surface area (Å²) in [5.41, 5.74) is 2.58. The average Bonchev–Trinajstić information content (AvgIpc) is 2.86. The average molecular weight is 319 g/mol. The van der Waals surface area contributed by atoms with Crippen molar-refractivity contribution in [1.29, 1.82) is 0 Å². The molecule has 5 nitrogen and oxygen atoms in total. The van der Waals surface area contributed by atoms with Gasteiger partial charge in [-0.25, -0.2) is 0 Å². The predicted octanol–water partition coefficient (Wildman–Crippen LogP) is 3.27. The Morgan fingerprint density at radius 3 is 2.73 bits per heavy atom. The predicted molar refractivity (Wildman–Crippen MR) is 87.5 cm³/mol. The van der Waals surface area contributed by atoms with Gasteiger partial charge in [0.15, 0.2) is 5.69 Å². The Balaban J connectivity index is 2.33. The van der Waals surface area contributed by atoms with E-state index in [1.54, 1.807) is 24.0 Å². The maximum atomic E-state index is 12.6. The second kappa shape index (κ2) is 6.75. The van der Waals surface area contributed by atoms with Gasteiger partial charge in [0.05, 0.1) is 11.4 Å². The topological polar surface area (TPSA) is 51.0 Å². The number of hydrogen-bond acceptors (Lipinski definition) is 3. The molecule has 22 heavy (non-hydrogen) atoms. The van der Waals surface area contributed by atoms with Crippen LogP contribution in [0.1, 0.15) is 30.0 Å². The number of aryl methyl sites for hydroxylation is 1. The quantitative estimate of drug-likeness (QED) is 0.795. The third-order valence-electron chi connectivity index (χ3n) is 3.15. The monoisotopic (exact) mass is 318 g/mol. The highest BCUT2D eigenvalue weighted by atomic mass is 35.5. The summed E-state index contributed by atoms with van der Waals surface area (Å²) in [6.07, 6.45) is 0. The summed E-state index contributed by atoms with van der Waals surface area (Å²) >= 11 is 5.98. The SMILES string of the molecule is C=C(C)CN(CC)C(=O)c1nn(-c2cccc(Cl)c2)nc1C. The molecule has 2 rings (SSSR count). The summed E-state index contributed by atoms with van der Waals surface area (Å²) < 4.78 is 0. The van der Waals surface area contributed by atoms with E-state index >= 15 is 0 Å². The first-order valence-electron chi connectivity index (χ1n) is 7.06. The summed E-state index contributed by atoms with van der Waals surface area (Å²) in [6, 6.07) is 7.18. The fourth-order valence-electron chi connectivity index (χ4n) is 2.10. The van der Waals surface area contributed by atoms with Gasteiger partial charge >= 0.3 is 0 Å². The zero-order valence-corrected chi connectivity index (χ0v) is 13.8. The van der Waals surface area contributed by atoms with Crippen LogP contribution < -0.4 is 0 Å². The number of amides is 1. The standard InChI is InChI=1S/C16H19ClN4O/c1-5-20(10-11(2)3)16(22)15-12(4)18-21(19-15)14-8-6-7-13(17)9-14/h6-9H,2,5,10H2,1,3-4H3. The molecule has 0 saturated heterocycles. The largest absolute Gasteiger partial charge is 0.333 e. The van der Waals surface area contributed by atoms with Crippen LogP contribution in [0.4, 0.5) is 0 Å². The Hall–Kier alpha value is -2.14. The van der Waals surface area contributed by atoms with Crippen molar-refractivity contribution in [3.05, 3.63) is 52.8 Å². The molecular weight excluding hydrogens is 300 g/mol. The van der Waals surface area contributed by atoms with Gasteiger partial charge in [-0.2, -0.15) is 9.90 Å². The second-order valence-electron chi connectivity index (χ2n) is 5.18. The Bertz CT molecular complexity index is 708. The number of hydrogen-bond donors (Lipinski definition) is 0. The maximum Gasteiger partial charge on any atom is 0.276 e. The summed E-state index contributed by atoms with van der Waals surface area (Å²) in [5.74, 6) is -0.142. The van der Waals surface area contributed by atoms with Crippen molar-refractivity contribution in [2.24, 2.45) is 0 Å². The minimum absolute atomic E-state index is 0.142. The molecule has 0 bridgehead atoms. The Kier molecular flexibility index (Phi) is 4.98. The number of aromatic nitrogens is 3. The van der Waals surface area contributed by atoms with Gasteiger partial charge in [-0.05, 0) is 39.0 Å². The molecule has 0 atom stereocenters. The van der Waals surface area contributed by atoms with Crippen molar-refractivity contribution in [1.82, 2.24) is 19.9 Å². The van der Waals surface area contributed by atoms with Crippen LogP contribution in [0, 0.1) is 6.92 Å². The molecule has 0 fully saturated rings. The first-order valence-corrected chi connectivity index (χ1v) is 7.43. The molecule has 0 aliphatic rings. The van der Waals surface area contributed by atoms with E-state index in [2.05, 4.69) is 16.8 Å². The zero-order chi connectivity index (χ0) is 16.3. The van der Waals surface area contributed by atoms with Gasteiger partial charge in [0, 0.05) is 18.1 Å². The van der Waals surface area contributed by atoms with E-state index < -0.39 is 0 Å². The number of halogens is 1. The van der Waals surface area contributed by atoms with Gasteiger partial charge in [0.2, 0.25) is 0 Å². The Morgan fingerprint density at radius 2 is 2.14 bits per heavy atom. The van der Waals surface area contributed by atoms with E-state index in [0.29, 0.717) is 29.5 Å². The minimum Gasteiger partial charge on any atom is -0.333 e. The van der Waals surface area contributed by atoms with Crippen LogP contribution >= 0.6 is 11.6 Å². The van der Waals surface area contributed by atoms with Crippen LogP contribution in [-0.2, 0) is 0 Å². The van der Waals surface area contributed by atoms with Crippen molar-refractivity contribution < 1.29 is 4.79 Å². The van der Waals surface area contributed by atoms with E-state index in [4.69, 9.17) is 11.6 Å². The maximum absolute atomic E-state index is 12.6. The van der Waals surface area contributed by atoms with E-state index in [0.717, 1.165) is 11.3 Å². The van der Waals surface area contributed by atoms with Crippen molar-refractivity contribution >= 4 is 17.5 Å². The molecule has 1 aromatic carbocycles. The number of carbonyl (C=O) groups is 1. The molecule has 1 amide bonds. The van der Waals surface area contributed by atoms with Crippen LogP contribution in [-0.4, -0.2) is 38.9 Å². The van der Waals surface area contributed by atoms with Gasteiger partial charge in [-0.3, -0.25) is 4.79 Å². The molecule has 1 aromatic heterocycles. The summed E-state index contributed by atoms with van der Waals surface area (Å²) in [4.78, 5) is 15.7. The molecule has 0 spiro atoms. The van der Waals surface area contributed by atoms with E-state index in [1.807, 2.05) is 26.0 Å². The molecule has 1 heterocycles. The Labute approximate surface area is 135 Å². The normalized spacial score (nSPS) is 10.5. The van der Waals surface area contributed by atoms with Crippen LogP contribution in [0.5, 0.6) is 0 Å². The molecule has 0 saturated carbocycles. The third kappa shape index (κ3) is 3.54. The highest BCUT2D eigenvalue weighted by Gasteiger charge is 2.21. The third-order valence-corrected chi connectivity index (χ3v) is 3.39. The number of nitrogens with zero attached hydrogens (tertiary/aromatic N) is 4. The lowest BCUT2D eigenvalue weighted by atomic mass is 10.2. The molecular formula is C16H19ClN4O. The zero-order valence-electron chi connectivity index (χ0n) is 13.0. The minimum atomic E-state index is -0.142. The summed E-state index contributed by atoms with van der Waals surface area (Å²) in [7, 11) is 0. The fraction of sp³-hybridized carbons (Fsp3) is 0.312. The van der Waals surface area contributed by atoms with Gasteiger partial charge < -0.3 is 4.90 Å². The highest BCUT2D eigenvalue weighted by molar-refractivity contribution is 6.30. The van der Waals surface area contributed by atoms with E-state index in [1.165, 1.54) is 4.80 Å². The van der Waals surface area contributed by atoms with Gasteiger partial charge in [-0.15, -0.1) is 5.10 Å². The highest BCUT2D eigenvalue weighted by Crippen LogP contribution is 2.15. The lowest BCUT2D eigenvalue weighted by Gasteiger charge is -2.19. The lowest BCUT2D eigenvalue weighted by Crippen LogP contribution is -2.33. The van der Waals surface area contributed by atoms with Crippen molar-refractivity contribution in [2.75, 3.05) is 13.1 Å². The molecule has 0 radical (unpaired) electrons. The van der Waals surface area contributed by atoms with E-state index in [9.17, 15) is 4.79 Å². The summed E-state index contributed by atoms with van der Waals surface area (Å²) in [6.45, 7) is 10.6. The molecule has 0 aliphatic carbocycles. The van der Waals surface area contributed by atoms with Gasteiger partial charge in [-0.1, -0.05) is 29.8 Å². The lowest BCUT2D eigenvalue weighted by molar-refractivity contribution is 0.0771. The molecule has 2 aromatic rings. The number of carbonyl (C=O) groups excluding carboxylic acids is 1. The Morgan fingerprint density at radius 1 is 1.41 bits per heavy atom. The molecule has 0 aliphatic heterocycles. The molecule has 0 unspecified atom stereocenters. The number of likely N-dealkylation sites (N-methyl/N-ethyl adjacent to an activating group) is 1. The number of rotatable bonds is 5. The van der Waals surface area contributed by atoms with Crippen LogP contribution in [0.15, 0.2) is 36.4 Å². The van der Waals surface area contributed by atoms with Crippen molar-refractivity contribution in [3.63, 3.8) is 0 Å². The van der Waals surface area contributed by atoms with Gasteiger partial charge in [0.25, 0.3) is 5.91 Å². The smallest absolute Gasteiger partial charge is 0.276 e. The first kappa shape index (κ1) is 16.2. The van der Waals surface area contributed by atoms with Crippen LogP contribution in [0.25, 0.3) is 5.69 Å². The van der Waals surface area contributed by atoms with Crippen LogP contribution in [0.2, 0.25) is 5.02 Å². The second-order valence-corrected chi connectivity index (χ2v) is 5.62. The number of benzene rings is 1. The molecule has 116 valence electrons. The van der Waals surface area contributed by atoms with Gasteiger partial charge in [0.1, 0.15) is 0 Å². The first-order chi connectivity index (χ1) is 10.4. The van der Waals surface area contributed by atoms with Crippen molar-refractivity contribution in [2.45, 2.75) is 20.8 Å². The van der Waals surface area contributed by atoms with Crippen LogP contribution in [0.3, 0.4) is 0 Å². The molecule has 0 N–H and O–H groups in total. The fourth-order valence-corrected chi connectivity index (χ4v) is 2.28.